The van der Waals surface area contributed by atoms with E-state index in [1.807, 2.05) is 26.0 Å². The Labute approximate surface area is 139 Å². The summed E-state index contributed by atoms with van der Waals surface area (Å²) in [6, 6.07) is 10.5. The van der Waals surface area contributed by atoms with E-state index in [2.05, 4.69) is 0 Å². The number of aryl methyl sites for hydroxylation is 3. The largest absolute Gasteiger partial charge is 0.595 e. The van der Waals surface area contributed by atoms with Crippen molar-refractivity contribution in [1.82, 2.24) is 0 Å². The van der Waals surface area contributed by atoms with Crippen molar-refractivity contribution in [3.05, 3.63) is 75.8 Å². The van der Waals surface area contributed by atoms with Gasteiger partial charge in [-0.3, -0.25) is 0 Å². The van der Waals surface area contributed by atoms with Gasteiger partial charge in [0.2, 0.25) is 5.69 Å². The number of rotatable bonds is 4. The van der Waals surface area contributed by atoms with Gasteiger partial charge in [0.05, 0.1) is 0 Å². The number of hydrogen-bond donors (Lipinski definition) is 3. The van der Waals surface area contributed by atoms with Gasteiger partial charge in [0.1, 0.15) is 29.0 Å². The van der Waals surface area contributed by atoms with Crippen LogP contribution >= 0.6 is 0 Å². The van der Waals surface area contributed by atoms with Crippen molar-refractivity contribution < 1.29 is 24.4 Å². The summed E-state index contributed by atoms with van der Waals surface area (Å²) in [5, 5.41) is 30.1. The Morgan fingerprint density at radius 1 is 0.958 bits per heavy atom. The molecule has 0 radical (unpaired) electrons. The molecule has 2 heterocycles. The maximum Gasteiger partial charge on any atom is 0.206 e. The number of quaternary nitrogens is 1. The van der Waals surface area contributed by atoms with Crippen LogP contribution in [0.3, 0.4) is 0 Å². The van der Waals surface area contributed by atoms with Crippen molar-refractivity contribution in [3.8, 4) is 5.75 Å². The van der Waals surface area contributed by atoms with Crippen LogP contribution in [-0.4, -0.2) is 10.3 Å². The minimum atomic E-state index is -1.18. The monoisotopic (exact) mass is 329 g/mol. The molecular weight excluding hydrogens is 310 g/mol. The van der Waals surface area contributed by atoms with Crippen molar-refractivity contribution in [2.45, 2.75) is 26.7 Å². The normalized spacial score (nSPS) is 12.8. The Bertz CT molecular complexity index is 822. The van der Waals surface area contributed by atoms with E-state index in [-0.39, 0.29) is 11.4 Å². The number of hydrogen-bond acceptors (Lipinski definition) is 5. The van der Waals surface area contributed by atoms with Gasteiger partial charge in [0.25, 0.3) is 0 Å². The molecule has 0 aliphatic heterocycles. The third-order valence-electron chi connectivity index (χ3n) is 3.92. The number of aromatic hydroxyl groups is 1. The summed E-state index contributed by atoms with van der Waals surface area (Å²) in [4.78, 5) is 0. The van der Waals surface area contributed by atoms with Crippen LogP contribution in [0.5, 0.6) is 5.75 Å². The number of furan rings is 2. The molecule has 0 amide bonds. The summed E-state index contributed by atoms with van der Waals surface area (Å²) in [6.45, 7) is 5.44. The lowest BCUT2D eigenvalue weighted by molar-refractivity contribution is -0.991. The van der Waals surface area contributed by atoms with E-state index in [0.29, 0.717) is 17.1 Å². The maximum absolute atomic E-state index is 11.4. The van der Waals surface area contributed by atoms with Crippen molar-refractivity contribution in [3.63, 3.8) is 0 Å². The van der Waals surface area contributed by atoms with E-state index in [1.54, 1.807) is 25.1 Å². The van der Waals surface area contributed by atoms with Gasteiger partial charge in [-0.2, -0.15) is 5.23 Å². The average molecular weight is 329 g/mol. The zero-order valence-corrected chi connectivity index (χ0v) is 13.7. The molecule has 2 aromatic heterocycles. The smallest absolute Gasteiger partial charge is 0.206 e. The predicted octanol–water partition coefficient (Wildman–Crippen LogP) is 3.09. The lowest BCUT2D eigenvalue weighted by atomic mass is 9.91. The Hall–Kier alpha value is -2.54. The topological polar surface area (TPSA) is 94.2 Å². The standard InChI is InChI=1S/C18H19NO5/c1-10-8-13(18(20)14(9-10)19(21)22)17(15-6-4-11(2)23-15)16-7-5-12(3)24-16/h4-9,17,19-21H,1-3H3. The highest BCUT2D eigenvalue weighted by Gasteiger charge is 2.29. The van der Waals surface area contributed by atoms with Crippen molar-refractivity contribution >= 4 is 5.69 Å². The first-order valence-corrected chi connectivity index (χ1v) is 7.56. The van der Waals surface area contributed by atoms with Crippen LogP contribution < -0.4 is 5.23 Å². The van der Waals surface area contributed by atoms with Crippen LogP contribution in [0, 0.1) is 26.0 Å². The molecule has 3 rings (SSSR count). The molecule has 3 aromatic rings. The summed E-state index contributed by atoms with van der Waals surface area (Å²) >= 11 is 0. The zero-order valence-electron chi connectivity index (χ0n) is 13.7. The Morgan fingerprint density at radius 2 is 1.50 bits per heavy atom. The molecule has 126 valence electrons. The second-order valence-electron chi connectivity index (χ2n) is 5.89. The molecule has 3 N–H and O–H groups in total. The fourth-order valence-corrected chi connectivity index (χ4v) is 2.85. The van der Waals surface area contributed by atoms with Gasteiger partial charge >= 0.3 is 0 Å². The van der Waals surface area contributed by atoms with Crippen LogP contribution in [0.4, 0.5) is 5.69 Å². The molecule has 0 saturated heterocycles. The van der Waals surface area contributed by atoms with E-state index in [0.717, 1.165) is 17.1 Å². The number of phenols is 1. The second kappa shape index (κ2) is 6.16. The van der Waals surface area contributed by atoms with E-state index in [4.69, 9.17) is 8.83 Å². The molecule has 1 aromatic carbocycles. The third-order valence-corrected chi connectivity index (χ3v) is 3.92. The first kappa shape index (κ1) is 16.3. The summed E-state index contributed by atoms with van der Waals surface area (Å²) in [7, 11) is 0. The second-order valence-corrected chi connectivity index (χ2v) is 5.89. The summed E-state index contributed by atoms with van der Waals surface area (Å²) in [5.41, 5.74) is 1.04. The summed E-state index contributed by atoms with van der Waals surface area (Å²) in [5.74, 6) is 1.82. The minimum absolute atomic E-state index is 0.137. The van der Waals surface area contributed by atoms with Crippen LogP contribution in [0.2, 0.25) is 0 Å². The van der Waals surface area contributed by atoms with E-state index in [9.17, 15) is 15.5 Å². The summed E-state index contributed by atoms with van der Waals surface area (Å²) in [6.07, 6.45) is 0. The SMILES string of the molecule is Cc1cc(C(c2ccc(C)o2)c2ccc(C)o2)c(O)c([NH+]([O-])O)c1. The first-order valence-electron chi connectivity index (χ1n) is 7.56. The predicted molar refractivity (Wildman–Crippen MR) is 86.5 cm³/mol. The van der Waals surface area contributed by atoms with Crippen LogP contribution in [0.1, 0.15) is 40.1 Å². The van der Waals surface area contributed by atoms with Gasteiger partial charge in [-0.15, -0.1) is 0 Å². The lowest BCUT2D eigenvalue weighted by Crippen LogP contribution is -2.99. The molecule has 0 spiro atoms. The van der Waals surface area contributed by atoms with E-state index in [1.165, 1.54) is 6.07 Å². The molecule has 0 aliphatic rings. The Morgan fingerprint density at radius 3 is 1.92 bits per heavy atom. The quantitative estimate of drug-likeness (QED) is 0.505. The van der Waals surface area contributed by atoms with Crippen molar-refractivity contribution in [1.29, 1.82) is 0 Å². The van der Waals surface area contributed by atoms with Crippen molar-refractivity contribution in [2.75, 3.05) is 0 Å². The van der Waals surface area contributed by atoms with E-state index >= 15 is 0 Å². The zero-order chi connectivity index (χ0) is 17.4. The van der Waals surface area contributed by atoms with Gasteiger partial charge in [-0.1, -0.05) is 6.07 Å². The Kier molecular flexibility index (Phi) is 4.19. The third kappa shape index (κ3) is 2.94. The number of benzene rings is 1. The molecule has 1 unspecified atom stereocenters. The highest BCUT2D eigenvalue weighted by molar-refractivity contribution is 5.57. The van der Waals surface area contributed by atoms with Gasteiger partial charge in [-0.25, -0.2) is 5.21 Å². The first-order chi connectivity index (χ1) is 11.4. The number of nitrogens with one attached hydrogen (secondary N) is 1. The lowest BCUT2D eigenvalue weighted by Gasteiger charge is -2.19. The molecule has 24 heavy (non-hydrogen) atoms. The van der Waals surface area contributed by atoms with Gasteiger partial charge in [0.15, 0.2) is 5.75 Å². The highest BCUT2D eigenvalue weighted by atomic mass is 16.8. The molecule has 6 nitrogen and oxygen atoms in total. The van der Waals surface area contributed by atoms with Crippen LogP contribution in [0.15, 0.2) is 45.2 Å². The van der Waals surface area contributed by atoms with Crippen LogP contribution in [-0.2, 0) is 0 Å². The molecule has 1 atom stereocenters. The van der Waals surface area contributed by atoms with Gasteiger partial charge in [0, 0.05) is 11.6 Å². The summed E-state index contributed by atoms with van der Waals surface area (Å²) < 4.78 is 11.5. The molecule has 0 saturated carbocycles. The van der Waals surface area contributed by atoms with Gasteiger partial charge in [-0.05, 0) is 50.6 Å². The molecule has 0 bridgehead atoms. The van der Waals surface area contributed by atoms with E-state index < -0.39 is 11.1 Å². The molecule has 0 aliphatic carbocycles. The van der Waals surface area contributed by atoms with Crippen molar-refractivity contribution in [2.24, 2.45) is 0 Å². The number of phenolic OH excluding ortho intramolecular Hbond substituents is 1. The van der Waals surface area contributed by atoms with Crippen LogP contribution in [0.25, 0.3) is 0 Å². The fraction of sp³-hybridized carbons (Fsp3) is 0.222. The maximum atomic E-state index is 11.4. The molecule has 0 fully saturated rings. The highest BCUT2D eigenvalue weighted by Crippen LogP contribution is 2.41. The molecule has 6 heteroatoms. The molecular formula is C18H19NO5. The van der Waals surface area contributed by atoms with Gasteiger partial charge < -0.3 is 19.1 Å². The average Bonchev–Trinajstić information content (AvgIpc) is 3.12. The Balaban J connectivity index is 2.23. The minimum Gasteiger partial charge on any atom is -0.595 e. The fourth-order valence-electron chi connectivity index (χ4n) is 2.85.